The molecule has 3 rings (SSSR count). The number of hydrogen-bond donors (Lipinski definition) is 3. The highest BCUT2D eigenvalue weighted by Crippen LogP contribution is 2.22. The molecule has 2 heterocycles. The van der Waals surface area contributed by atoms with Crippen LogP contribution >= 0.6 is 0 Å². The van der Waals surface area contributed by atoms with E-state index in [-0.39, 0.29) is 11.6 Å². The van der Waals surface area contributed by atoms with E-state index in [4.69, 9.17) is 4.42 Å². The minimum atomic E-state index is -0.575. The molecule has 7 heteroatoms. The van der Waals surface area contributed by atoms with Gasteiger partial charge in [-0.05, 0) is 63.0 Å². The van der Waals surface area contributed by atoms with Crippen LogP contribution in [0.25, 0.3) is 0 Å². The van der Waals surface area contributed by atoms with Gasteiger partial charge in [0.1, 0.15) is 11.6 Å². The lowest BCUT2D eigenvalue weighted by Crippen LogP contribution is -2.16. The predicted molar refractivity (Wildman–Crippen MR) is 96.6 cm³/mol. The molecule has 138 valence electrons. The first-order valence-electron chi connectivity index (χ1n) is 8.68. The van der Waals surface area contributed by atoms with Gasteiger partial charge in [0.05, 0.1) is 17.5 Å². The van der Waals surface area contributed by atoms with E-state index in [9.17, 15) is 14.0 Å². The Balaban J connectivity index is 1.60. The minimum Gasteiger partial charge on any atom is -0.469 e. The van der Waals surface area contributed by atoms with E-state index in [1.54, 1.807) is 6.92 Å². The number of rotatable bonds is 6. The third-order valence-corrected chi connectivity index (χ3v) is 4.54. The van der Waals surface area contributed by atoms with Crippen molar-refractivity contribution in [3.8, 4) is 0 Å². The summed E-state index contributed by atoms with van der Waals surface area (Å²) in [6.45, 7) is 3.61. The number of benzene rings is 1. The molecule has 1 atom stereocenters. The molecule has 0 radical (unpaired) electrons. The lowest BCUT2D eigenvalue weighted by Gasteiger charge is -2.11. The minimum absolute atomic E-state index is 0.00777. The number of hydrogen-bond acceptors (Lipinski definition) is 4. The average molecular weight is 359 g/mol. The SMILES string of the molecule is Cc1occc1C(=O)Nc1cc(NC(=O)CCC2CCNC2)ccc1F. The molecular formula is C19H22FN3O3. The van der Waals surface area contributed by atoms with Crippen molar-refractivity contribution in [2.24, 2.45) is 5.92 Å². The Labute approximate surface area is 151 Å². The van der Waals surface area contributed by atoms with Crippen LogP contribution in [0, 0.1) is 18.7 Å². The van der Waals surface area contributed by atoms with Gasteiger partial charge in [-0.15, -0.1) is 0 Å². The molecule has 0 aliphatic carbocycles. The van der Waals surface area contributed by atoms with Gasteiger partial charge in [-0.2, -0.15) is 0 Å². The first kappa shape index (κ1) is 18.1. The van der Waals surface area contributed by atoms with Gasteiger partial charge in [0.2, 0.25) is 5.91 Å². The monoisotopic (exact) mass is 359 g/mol. The van der Waals surface area contributed by atoms with Crippen LogP contribution in [-0.2, 0) is 4.79 Å². The van der Waals surface area contributed by atoms with Crippen molar-refractivity contribution in [2.75, 3.05) is 23.7 Å². The molecule has 1 saturated heterocycles. The van der Waals surface area contributed by atoms with Gasteiger partial charge >= 0.3 is 0 Å². The van der Waals surface area contributed by atoms with Crippen LogP contribution in [0.15, 0.2) is 34.9 Å². The summed E-state index contributed by atoms with van der Waals surface area (Å²) in [5, 5.41) is 8.54. The Morgan fingerprint density at radius 1 is 1.31 bits per heavy atom. The topological polar surface area (TPSA) is 83.4 Å². The van der Waals surface area contributed by atoms with Gasteiger partial charge in [-0.3, -0.25) is 9.59 Å². The van der Waals surface area contributed by atoms with Crippen LogP contribution in [0.3, 0.4) is 0 Å². The van der Waals surface area contributed by atoms with E-state index in [1.165, 1.54) is 30.5 Å². The van der Waals surface area contributed by atoms with Crippen LogP contribution in [-0.4, -0.2) is 24.9 Å². The summed E-state index contributed by atoms with van der Waals surface area (Å²) in [6, 6.07) is 5.63. The Morgan fingerprint density at radius 2 is 2.15 bits per heavy atom. The van der Waals surface area contributed by atoms with Crippen molar-refractivity contribution >= 4 is 23.2 Å². The highest BCUT2D eigenvalue weighted by molar-refractivity contribution is 6.05. The van der Waals surface area contributed by atoms with E-state index in [0.29, 0.717) is 29.3 Å². The van der Waals surface area contributed by atoms with Crippen molar-refractivity contribution in [1.82, 2.24) is 5.32 Å². The molecule has 0 saturated carbocycles. The maximum Gasteiger partial charge on any atom is 0.259 e. The average Bonchev–Trinajstić information content (AvgIpc) is 3.27. The van der Waals surface area contributed by atoms with Crippen LogP contribution in [0.4, 0.5) is 15.8 Å². The first-order valence-corrected chi connectivity index (χ1v) is 8.68. The first-order chi connectivity index (χ1) is 12.5. The summed E-state index contributed by atoms with van der Waals surface area (Å²) in [6.07, 6.45) is 3.73. The fourth-order valence-electron chi connectivity index (χ4n) is 3.03. The van der Waals surface area contributed by atoms with Crippen LogP contribution in [0.5, 0.6) is 0 Å². The number of aryl methyl sites for hydroxylation is 1. The normalized spacial score (nSPS) is 16.5. The van der Waals surface area contributed by atoms with Gasteiger partial charge in [0.25, 0.3) is 5.91 Å². The zero-order valence-electron chi connectivity index (χ0n) is 14.6. The summed E-state index contributed by atoms with van der Waals surface area (Å²) in [4.78, 5) is 24.3. The summed E-state index contributed by atoms with van der Waals surface area (Å²) >= 11 is 0. The number of nitrogens with one attached hydrogen (secondary N) is 3. The smallest absolute Gasteiger partial charge is 0.259 e. The molecule has 0 spiro atoms. The predicted octanol–water partition coefficient (Wildman–Crippen LogP) is 3.31. The van der Waals surface area contributed by atoms with Crippen molar-refractivity contribution in [3.63, 3.8) is 0 Å². The molecule has 3 N–H and O–H groups in total. The van der Waals surface area contributed by atoms with E-state index in [1.807, 2.05) is 0 Å². The molecule has 1 aromatic heterocycles. The highest BCUT2D eigenvalue weighted by Gasteiger charge is 2.17. The number of furan rings is 1. The van der Waals surface area contributed by atoms with Crippen molar-refractivity contribution in [2.45, 2.75) is 26.2 Å². The number of amides is 2. The van der Waals surface area contributed by atoms with E-state index >= 15 is 0 Å². The van der Waals surface area contributed by atoms with Crippen molar-refractivity contribution in [3.05, 3.63) is 47.7 Å². The standard InChI is InChI=1S/C19H22FN3O3/c1-12-15(7-9-26-12)19(25)23-17-10-14(3-4-16(17)20)22-18(24)5-2-13-6-8-21-11-13/h3-4,7,9-10,13,21H,2,5-6,8,11H2,1H3,(H,22,24)(H,23,25). The molecule has 0 bridgehead atoms. The van der Waals surface area contributed by atoms with Gasteiger partial charge in [0.15, 0.2) is 0 Å². The largest absolute Gasteiger partial charge is 0.469 e. The molecule has 1 aliphatic heterocycles. The maximum atomic E-state index is 14.0. The third kappa shape index (κ3) is 4.49. The fraction of sp³-hybridized carbons (Fsp3) is 0.368. The number of carbonyl (C=O) groups is 2. The molecule has 1 unspecified atom stereocenters. The maximum absolute atomic E-state index is 14.0. The second-order valence-electron chi connectivity index (χ2n) is 6.48. The lowest BCUT2D eigenvalue weighted by atomic mass is 10.0. The summed E-state index contributed by atoms with van der Waals surface area (Å²) < 4.78 is 19.1. The zero-order chi connectivity index (χ0) is 18.5. The Bertz CT molecular complexity index is 797. The Hall–Kier alpha value is -2.67. The second-order valence-corrected chi connectivity index (χ2v) is 6.48. The number of anilines is 2. The highest BCUT2D eigenvalue weighted by atomic mass is 19.1. The van der Waals surface area contributed by atoms with E-state index in [2.05, 4.69) is 16.0 Å². The molecule has 6 nitrogen and oxygen atoms in total. The zero-order valence-corrected chi connectivity index (χ0v) is 14.6. The number of halogens is 1. The van der Waals surface area contributed by atoms with Crippen molar-refractivity contribution in [1.29, 1.82) is 0 Å². The molecule has 1 aliphatic rings. The molecule has 1 aromatic carbocycles. The molecule has 26 heavy (non-hydrogen) atoms. The summed E-state index contributed by atoms with van der Waals surface area (Å²) in [5.41, 5.74) is 0.789. The fourth-order valence-corrected chi connectivity index (χ4v) is 3.03. The van der Waals surface area contributed by atoms with Crippen LogP contribution < -0.4 is 16.0 Å². The van der Waals surface area contributed by atoms with E-state index in [0.717, 1.165) is 25.9 Å². The van der Waals surface area contributed by atoms with Gasteiger partial charge in [-0.25, -0.2) is 4.39 Å². The van der Waals surface area contributed by atoms with E-state index < -0.39 is 11.7 Å². The van der Waals surface area contributed by atoms with Gasteiger partial charge in [-0.1, -0.05) is 0 Å². The second kappa shape index (κ2) is 8.14. The van der Waals surface area contributed by atoms with Gasteiger partial charge in [0, 0.05) is 12.1 Å². The Morgan fingerprint density at radius 3 is 2.85 bits per heavy atom. The molecular weight excluding hydrogens is 337 g/mol. The molecule has 1 fully saturated rings. The molecule has 2 amide bonds. The van der Waals surface area contributed by atoms with Gasteiger partial charge < -0.3 is 20.4 Å². The Kier molecular flexibility index (Phi) is 5.68. The summed E-state index contributed by atoms with van der Waals surface area (Å²) in [5.74, 6) is -0.177. The molecule has 2 aromatic rings. The quantitative estimate of drug-likeness (QED) is 0.739. The number of carbonyl (C=O) groups excluding carboxylic acids is 2. The van der Waals surface area contributed by atoms with Crippen LogP contribution in [0.1, 0.15) is 35.4 Å². The summed E-state index contributed by atoms with van der Waals surface area (Å²) in [7, 11) is 0. The van der Waals surface area contributed by atoms with Crippen molar-refractivity contribution < 1.29 is 18.4 Å². The van der Waals surface area contributed by atoms with Crippen LogP contribution in [0.2, 0.25) is 0 Å². The lowest BCUT2D eigenvalue weighted by molar-refractivity contribution is -0.116. The third-order valence-electron chi connectivity index (χ3n) is 4.54.